The topological polar surface area (TPSA) is 204 Å². The minimum absolute atomic E-state index is 0. The summed E-state index contributed by atoms with van der Waals surface area (Å²) in [5, 5.41) is 29.7. The first-order valence-electron chi connectivity index (χ1n) is 24.9. The molecule has 3 N–H and O–H groups in total. The number of halogens is 3. The van der Waals surface area contributed by atoms with Gasteiger partial charge >= 0.3 is 0 Å². The molecule has 3 unspecified atom stereocenters. The quantitative estimate of drug-likeness (QED) is 0.152. The Morgan fingerprint density at radius 3 is 1.18 bits per heavy atom. The van der Waals surface area contributed by atoms with E-state index < -0.39 is 0 Å². The summed E-state index contributed by atoms with van der Waals surface area (Å²) in [5.41, 5.74) is 5.71. The maximum Gasteiger partial charge on any atom is 0.261 e. The van der Waals surface area contributed by atoms with Crippen LogP contribution in [0, 0.1) is 53.8 Å². The zero-order valence-electron chi connectivity index (χ0n) is 42.2. The molecule has 9 aromatic rings. The van der Waals surface area contributed by atoms with Gasteiger partial charge in [0.1, 0.15) is 34.6 Å². The number of aromatic nitrogens is 9. The van der Waals surface area contributed by atoms with Crippen molar-refractivity contribution in [1.82, 2.24) is 43.6 Å². The highest BCUT2D eigenvalue weighted by Crippen LogP contribution is 2.23. The van der Waals surface area contributed by atoms with Gasteiger partial charge in [-0.15, -0.1) is 31.2 Å². The van der Waals surface area contributed by atoms with E-state index in [0.717, 1.165) is 64.3 Å². The molecule has 0 radical (unpaired) electrons. The summed E-state index contributed by atoms with van der Waals surface area (Å²) in [6.07, 6.45) is 14.9. The van der Waals surface area contributed by atoms with Crippen LogP contribution in [0.4, 0.5) is 0 Å². The second-order valence-electron chi connectivity index (χ2n) is 18.5. The number of hydrogen-bond acceptors (Lipinski definition) is 12. The van der Waals surface area contributed by atoms with E-state index in [0.29, 0.717) is 76.7 Å². The molecule has 0 spiro atoms. The van der Waals surface area contributed by atoms with Crippen molar-refractivity contribution < 1.29 is 15.3 Å². The molecule has 0 amide bonds. The van der Waals surface area contributed by atoms with E-state index in [1.54, 1.807) is 56.6 Å². The lowest BCUT2D eigenvalue weighted by Crippen LogP contribution is -2.33. The first-order chi connectivity index (χ1) is 37.1. The van der Waals surface area contributed by atoms with Crippen LogP contribution >= 0.6 is 40.7 Å². The van der Waals surface area contributed by atoms with E-state index in [9.17, 15) is 29.7 Å². The summed E-state index contributed by atoms with van der Waals surface area (Å²) in [6, 6.07) is 33.1. The van der Waals surface area contributed by atoms with E-state index in [-0.39, 0.29) is 79.1 Å². The van der Waals surface area contributed by atoms with Crippen molar-refractivity contribution in [2.45, 2.75) is 58.2 Å². The summed E-state index contributed by atoms with van der Waals surface area (Å²) in [6.45, 7) is 1.98. The maximum absolute atomic E-state index is 12.7. The van der Waals surface area contributed by atoms with Gasteiger partial charge in [-0.05, 0) is 122 Å². The van der Waals surface area contributed by atoms with Crippen molar-refractivity contribution in [1.29, 1.82) is 0 Å². The number of rotatable bonds is 3. The molecule has 0 saturated carbocycles. The number of aliphatic hydroxyl groups is 3. The first kappa shape index (κ1) is 57.8. The summed E-state index contributed by atoms with van der Waals surface area (Å²) < 4.78 is 6.04. The summed E-state index contributed by atoms with van der Waals surface area (Å²) in [7, 11) is 0. The molecule has 396 valence electrons. The zero-order chi connectivity index (χ0) is 53.0. The number of benzene rings is 3. The maximum atomic E-state index is 12.7. The summed E-state index contributed by atoms with van der Waals surface area (Å²) in [4.78, 5) is 63.9. The van der Waals surface area contributed by atoms with E-state index in [4.69, 9.17) is 6.42 Å². The van der Waals surface area contributed by atoms with E-state index in [2.05, 4.69) is 75.4 Å². The largest absolute Gasteiger partial charge is 0.396 e. The van der Waals surface area contributed by atoms with Gasteiger partial charge in [-0.3, -0.25) is 28.1 Å². The summed E-state index contributed by atoms with van der Waals surface area (Å²) >= 11 is 3.39. The Bertz CT molecular complexity index is 3750. The minimum Gasteiger partial charge on any atom is -0.396 e. The highest BCUT2D eigenvalue weighted by molar-refractivity contribution is 9.10. The molecule has 78 heavy (non-hydrogen) atoms. The highest BCUT2D eigenvalue weighted by atomic mass is 79.9. The molecule has 3 aromatic carbocycles. The smallest absolute Gasteiger partial charge is 0.261 e. The molecule has 3 aliphatic heterocycles. The predicted molar refractivity (Wildman–Crippen MR) is 310 cm³/mol. The Balaban J connectivity index is 0.000000158. The molecule has 0 aliphatic carbocycles. The third-order valence-corrected chi connectivity index (χ3v) is 13.8. The second-order valence-corrected chi connectivity index (χ2v) is 19.4. The van der Waals surface area contributed by atoms with Gasteiger partial charge in [0.05, 0.1) is 32.7 Å². The van der Waals surface area contributed by atoms with E-state index in [1.807, 2.05) is 84.9 Å². The molecule has 9 heterocycles. The fourth-order valence-electron chi connectivity index (χ4n) is 9.16. The van der Waals surface area contributed by atoms with Gasteiger partial charge in [-0.1, -0.05) is 51.9 Å². The number of terminal acetylenes is 1. The number of aryl methyl sites for hydroxylation is 3. The molecule has 12 rings (SSSR count). The number of pyridine rings is 3. The fourth-order valence-corrected chi connectivity index (χ4v) is 9.51. The third kappa shape index (κ3) is 14.0. The normalized spacial score (nSPS) is 15.5. The van der Waals surface area contributed by atoms with Crippen LogP contribution in [0.5, 0.6) is 0 Å². The Morgan fingerprint density at radius 2 is 0.846 bits per heavy atom. The van der Waals surface area contributed by atoms with E-state index >= 15 is 0 Å². The average Bonchev–Trinajstić information content (AvgIpc) is 3.52. The molecule has 18 heteroatoms. The standard InChI is InChI=1S/2C20H17N3O2.C13H13BrN2O2.C7H5N.2ClH/c2*24-13-15-6-9-19-22-18-11-14(4-7-16-3-1-2-10-21-16)5-8-17(18)20(25)23(19)12-15;14-9-2-3-10-11(5-9)15-12-4-1-8(7-17)6-16(12)13(10)18;1-2-7-5-3-4-6-8-7;;/h2*1-3,5,8,10-11,15,24H,6,9,12-13H2;2-3,5,8,17H,1,4,6-7H2;1,3-6H;2*1H. The Labute approximate surface area is 470 Å². The van der Waals surface area contributed by atoms with Gasteiger partial charge in [0, 0.05) is 111 Å². The van der Waals surface area contributed by atoms with Gasteiger partial charge in [-0.25, -0.2) is 29.9 Å². The van der Waals surface area contributed by atoms with Crippen LogP contribution < -0.4 is 16.7 Å². The van der Waals surface area contributed by atoms with Crippen LogP contribution in [0.15, 0.2) is 147 Å². The van der Waals surface area contributed by atoms with Crippen molar-refractivity contribution in [3.05, 3.63) is 209 Å². The monoisotopic (exact) mass is 1150 g/mol. The lowest BCUT2D eigenvalue weighted by molar-refractivity contribution is 0.188. The number of aliphatic hydroxyl groups excluding tert-OH is 3. The Morgan fingerprint density at radius 1 is 0.487 bits per heavy atom. The predicted octanol–water partition coefficient (Wildman–Crippen LogP) is 7.11. The molecule has 15 nitrogen and oxygen atoms in total. The number of nitrogens with zero attached hydrogens (tertiary/aromatic N) is 9. The Kier molecular flexibility index (Phi) is 20.4. The molecule has 6 aromatic heterocycles. The molecule has 3 atom stereocenters. The molecule has 0 saturated heterocycles. The van der Waals surface area contributed by atoms with Crippen LogP contribution in [-0.2, 0) is 38.9 Å². The average molecular weight is 1150 g/mol. The molecule has 0 bridgehead atoms. The second kappa shape index (κ2) is 27.5. The number of hydrogen-bond donors (Lipinski definition) is 3. The zero-order valence-corrected chi connectivity index (χ0v) is 45.4. The fraction of sp³-hybridized carbons (Fsp3) is 0.250. The highest BCUT2D eigenvalue weighted by Gasteiger charge is 2.24. The molecular formula is C60H54BrCl2N9O6. The van der Waals surface area contributed by atoms with Gasteiger partial charge in [0.25, 0.3) is 16.7 Å². The first-order valence-corrected chi connectivity index (χ1v) is 25.7. The van der Waals surface area contributed by atoms with Crippen LogP contribution in [0.1, 0.15) is 64.9 Å². The van der Waals surface area contributed by atoms with Crippen molar-refractivity contribution in [2.24, 2.45) is 17.8 Å². The van der Waals surface area contributed by atoms with Gasteiger partial charge in [0.2, 0.25) is 0 Å². The van der Waals surface area contributed by atoms with Crippen molar-refractivity contribution in [3.63, 3.8) is 0 Å². The molecule has 3 aliphatic rings. The molecular weight excluding hydrogens is 1090 g/mol. The lowest BCUT2D eigenvalue weighted by Gasteiger charge is -2.24. The SMILES string of the molecule is C#Cc1ccccn1.Cl.Cl.O=c1c2ccc(Br)cc2nc2n1CC(CO)CC2.O=c1c2ccc(C#Cc3ccccn3)cc2nc2n1CC(CO)CC2.O=c1c2ccc(C#Cc3ccccn3)cc2nc2n1CC(CO)CC2. The van der Waals surface area contributed by atoms with Gasteiger partial charge in [0.15, 0.2) is 0 Å². The van der Waals surface area contributed by atoms with Crippen LogP contribution in [0.2, 0.25) is 0 Å². The van der Waals surface area contributed by atoms with Gasteiger partial charge in [-0.2, -0.15) is 0 Å². The van der Waals surface area contributed by atoms with Crippen molar-refractivity contribution >= 4 is 73.5 Å². The molecule has 0 fully saturated rings. The van der Waals surface area contributed by atoms with Crippen LogP contribution in [-0.4, -0.2) is 78.7 Å². The Hall–Kier alpha value is -7.85. The number of fused-ring (bicyclic) bond motifs is 6. The van der Waals surface area contributed by atoms with E-state index in [1.165, 1.54) is 0 Å². The van der Waals surface area contributed by atoms with Crippen LogP contribution in [0.25, 0.3) is 32.7 Å². The summed E-state index contributed by atoms with van der Waals surface area (Å²) in [5.74, 6) is 17.4. The van der Waals surface area contributed by atoms with Gasteiger partial charge < -0.3 is 15.3 Å². The minimum atomic E-state index is -0.0395. The lowest BCUT2D eigenvalue weighted by atomic mass is 9.99. The van der Waals surface area contributed by atoms with Crippen molar-refractivity contribution in [2.75, 3.05) is 19.8 Å². The van der Waals surface area contributed by atoms with Crippen molar-refractivity contribution in [3.8, 4) is 36.0 Å². The van der Waals surface area contributed by atoms with Crippen LogP contribution in [0.3, 0.4) is 0 Å². The third-order valence-electron chi connectivity index (χ3n) is 13.3.